The fourth-order valence-corrected chi connectivity index (χ4v) is 4.05. The Balaban J connectivity index is 3.05. The molecule has 0 fully saturated rings. The van der Waals surface area contributed by atoms with E-state index in [-0.39, 0.29) is 11.2 Å². The Morgan fingerprint density at radius 2 is 1.68 bits per heavy atom. The van der Waals surface area contributed by atoms with E-state index in [2.05, 4.69) is 0 Å². The Morgan fingerprint density at radius 3 is 2.05 bits per heavy atom. The molecule has 0 saturated carbocycles. The summed E-state index contributed by atoms with van der Waals surface area (Å²) < 4.78 is 26.3. The molecule has 1 aromatic carbocycles. The van der Waals surface area contributed by atoms with Gasteiger partial charge in [0, 0.05) is 13.1 Å². The Kier molecular flexibility index (Phi) is 4.98. The number of hydrogen-bond acceptors (Lipinski definition) is 3. The number of sulfonamides is 1. The molecule has 0 amide bonds. The lowest BCUT2D eigenvalue weighted by Crippen LogP contribution is -2.37. The quantitative estimate of drug-likeness (QED) is 0.902. The van der Waals surface area contributed by atoms with Crippen LogP contribution in [0.25, 0.3) is 0 Å². The van der Waals surface area contributed by atoms with E-state index < -0.39 is 10.0 Å². The van der Waals surface area contributed by atoms with E-state index in [9.17, 15) is 8.42 Å². The summed E-state index contributed by atoms with van der Waals surface area (Å²) in [6.45, 7) is 8.51. The fraction of sp³-hybridized carbons (Fsp3) is 0.571. The molecule has 5 heteroatoms. The predicted molar refractivity (Wildman–Crippen MR) is 80.6 cm³/mol. The fourth-order valence-electron chi connectivity index (χ4n) is 1.96. The van der Waals surface area contributed by atoms with Crippen molar-refractivity contribution in [2.24, 2.45) is 11.1 Å². The lowest BCUT2D eigenvalue weighted by Gasteiger charge is -2.27. The SMILES string of the molecule is CCN(c1ccc(CN)cc1)S(=O)(=O)CC(C)(C)C. The minimum absolute atomic E-state index is 0.131. The molecule has 0 aliphatic heterocycles. The molecule has 0 unspecified atom stereocenters. The maximum Gasteiger partial charge on any atom is 0.235 e. The number of hydrogen-bond donors (Lipinski definition) is 1. The van der Waals surface area contributed by atoms with E-state index in [0.29, 0.717) is 18.8 Å². The van der Waals surface area contributed by atoms with Gasteiger partial charge in [-0.05, 0) is 30.0 Å². The second kappa shape index (κ2) is 5.92. The van der Waals surface area contributed by atoms with Crippen molar-refractivity contribution in [2.45, 2.75) is 34.2 Å². The normalized spacial score (nSPS) is 12.5. The molecule has 0 aliphatic carbocycles. The molecule has 0 aromatic heterocycles. The van der Waals surface area contributed by atoms with Gasteiger partial charge in [0.1, 0.15) is 0 Å². The molecule has 0 atom stereocenters. The third-order valence-corrected chi connectivity index (χ3v) is 5.07. The van der Waals surface area contributed by atoms with Gasteiger partial charge in [-0.3, -0.25) is 4.31 Å². The van der Waals surface area contributed by atoms with Crippen LogP contribution in [0, 0.1) is 5.41 Å². The third kappa shape index (κ3) is 4.51. The zero-order chi connectivity index (χ0) is 14.7. The number of rotatable bonds is 5. The first-order valence-electron chi connectivity index (χ1n) is 6.49. The number of nitrogens with zero attached hydrogens (tertiary/aromatic N) is 1. The van der Waals surface area contributed by atoms with Crippen molar-refractivity contribution in [1.29, 1.82) is 0 Å². The highest BCUT2D eigenvalue weighted by atomic mass is 32.2. The highest BCUT2D eigenvalue weighted by Gasteiger charge is 2.27. The van der Waals surface area contributed by atoms with Crippen LogP contribution < -0.4 is 10.0 Å². The van der Waals surface area contributed by atoms with Gasteiger partial charge in [0.05, 0.1) is 11.4 Å². The summed E-state index contributed by atoms with van der Waals surface area (Å²) in [5.41, 5.74) is 6.98. The molecule has 108 valence electrons. The van der Waals surface area contributed by atoms with Crippen molar-refractivity contribution >= 4 is 15.7 Å². The molecular formula is C14H24N2O2S. The average molecular weight is 284 g/mol. The largest absolute Gasteiger partial charge is 0.326 e. The molecule has 0 bridgehead atoms. The lowest BCUT2D eigenvalue weighted by atomic mass is 10.0. The van der Waals surface area contributed by atoms with Crippen LogP contribution in [0.5, 0.6) is 0 Å². The smallest absolute Gasteiger partial charge is 0.235 e. The van der Waals surface area contributed by atoms with Crippen LogP contribution in [0.2, 0.25) is 0 Å². The second-order valence-electron chi connectivity index (χ2n) is 5.85. The first-order chi connectivity index (χ1) is 8.69. The minimum Gasteiger partial charge on any atom is -0.326 e. The summed E-state index contributed by atoms with van der Waals surface area (Å²) in [6, 6.07) is 7.35. The van der Waals surface area contributed by atoms with Crippen LogP contribution in [-0.2, 0) is 16.6 Å². The first-order valence-corrected chi connectivity index (χ1v) is 8.10. The van der Waals surface area contributed by atoms with Gasteiger partial charge in [-0.2, -0.15) is 0 Å². The van der Waals surface area contributed by atoms with Crippen LogP contribution >= 0.6 is 0 Å². The Hall–Kier alpha value is -1.07. The minimum atomic E-state index is -3.30. The Labute approximate surface area is 116 Å². The zero-order valence-electron chi connectivity index (χ0n) is 12.2. The number of benzene rings is 1. The van der Waals surface area contributed by atoms with E-state index >= 15 is 0 Å². The van der Waals surface area contributed by atoms with Crippen molar-refractivity contribution in [3.63, 3.8) is 0 Å². The molecule has 19 heavy (non-hydrogen) atoms. The van der Waals surface area contributed by atoms with Crippen LogP contribution in [-0.4, -0.2) is 20.7 Å². The van der Waals surface area contributed by atoms with E-state index in [1.165, 1.54) is 4.31 Å². The molecule has 2 N–H and O–H groups in total. The highest BCUT2D eigenvalue weighted by molar-refractivity contribution is 7.92. The summed E-state index contributed by atoms with van der Waals surface area (Å²) in [6.07, 6.45) is 0. The molecule has 1 rings (SSSR count). The molecule has 0 saturated heterocycles. The molecule has 4 nitrogen and oxygen atoms in total. The summed E-state index contributed by atoms with van der Waals surface area (Å²) in [4.78, 5) is 0. The van der Waals surface area contributed by atoms with E-state index in [0.717, 1.165) is 5.56 Å². The van der Waals surface area contributed by atoms with Crippen molar-refractivity contribution in [3.05, 3.63) is 29.8 Å². The van der Waals surface area contributed by atoms with E-state index in [1.807, 2.05) is 52.0 Å². The first kappa shape index (κ1) is 16.0. The number of anilines is 1. The molecular weight excluding hydrogens is 260 g/mol. The Bertz CT molecular complexity index is 501. The summed E-state index contributed by atoms with van der Waals surface area (Å²) in [7, 11) is -3.30. The third-order valence-electron chi connectivity index (χ3n) is 2.70. The maximum atomic E-state index is 12.4. The lowest BCUT2D eigenvalue weighted by molar-refractivity contribution is 0.461. The van der Waals surface area contributed by atoms with E-state index in [4.69, 9.17) is 5.73 Å². The standard InChI is InChI=1S/C14H24N2O2S/c1-5-16(19(17,18)11-14(2,3)4)13-8-6-12(10-15)7-9-13/h6-9H,5,10-11,15H2,1-4H3. The summed E-state index contributed by atoms with van der Waals surface area (Å²) in [5.74, 6) is 0.131. The second-order valence-corrected chi connectivity index (χ2v) is 7.75. The van der Waals surface area contributed by atoms with Crippen molar-refractivity contribution in [3.8, 4) is 0 Å². The van der Waals surface area contributed by atoms with Gasteiger partial charge in [0.15, 0.2) is 0 Å². The molecule has 0 aliphatic rings. The van der Waals surface area contributed by atoms with Crippen LogP contribution in [0.3, 0.4) is 0 Å². The van der Waals surface area contributed by atoms with Crippen LogP contribution in [0.1, 0.15) is 33.3 Å². The van der Waals surface area contributed by atoms with Gasteiger partial charge in [0.2, 0.25) is 10.0 Å². The van der Waals surface area contributed by atoms with Gasteiger partial charge in [0.25, 0.3) is 0 Å². The Morgan fingerprint density at radius 1 is 1.16 bits per heavy atom. The average Bonchev–Trinajstić information content (AvgIpc) is 2.27. The van der Waals surface area contributed by atoms with Gasteiger partial charge in [-0.25, -0.2) is 8.42 Å². The van der Waals surface area contributed by atoms with Crippen LogP contribution in [0.4, 0.5) is 5.69 Å². The van der Waals surface area contributed by atoms with Gasteiger partial charge < -0.3 is 5.73 Å². The van der Waals surface area contributed by atoms with Crippen molar-refractivity contribution in [2.75, 3.05) is 16.6 Å². The summed E-state index contributed by atoms with van der Waals surface area (Å²) in [5, 5.41) is 0. The maximum absolute atomic E-state index is 12.4. The van der Waals surface area contributed by atoms with Crippen molar-refractivity contribution < 1.29 is 8.42 Å². The van der Waals surface area contributed by atoms with Crippen LogP contribution in [0.15, 0.2) is 24.3 Å². The molecule has 0 radical (unpaired) electrons. The number of nitrogens with two attached hydrogens (primary N) is 1. The highest BCUT2D eigenvalue weighted by Crippen LogP contribution is 2.24. The van der Waals surface area contributed by atoms with Gasteiger partial charge in [-0.1, -0.05) is 32.9 Å². The van der Waals surface area contributed by atoms with E-state index in [1.54, 1.807) is 0 Å². The molecule has 1 aromatic rings. The topological polar surface area (TPSA) is 63.4 Å². The van der Waals surface area contributed by atoms with Gasteiger partial charge in [-0.15, -0.1) is 0 Å². The molecule has 0 spiro atoms. The zero-order valence-corrected chi connectivity index (χ0v) is 13.0. The molecule has 0 heterocycles. The summed E-state index contributed by atoms with van der Waals surface area (Å²) >= 11 is 0. The monoisotopic (exact) mass is 284 g/mol. The van der Waals surface area contributed by atoms with Gasteiger partial charge >= 0.3 is 0 Å². The predicted octanol–water partition coefficient (Wildman–Crippen LogP) is 2.35. The van der Waals surface area contributed by atoms with Crippen molar-refractivity contribution in [1.82, 2.24) is 0 Å².